The number of nitrogen functional groups attached to an aromatic ring is 1. The molecule has 1 aromatic heterocycles. The van der Waals surface area contributed by atoms with Gasteiger partial charge in [-0.2, -0.15) is 0 Å². The van der Waals surface area contributed by atoms with Crippen molar-refractivity contribution < 1.29 is 9.13 Å². The Balaban J connectivity index is 2.07. The predicted molar refractivity (Wildman–Crippen MR) is 64.1 cm³/mol. The lowest BCUT2D eigenvalue weighted by atomic mass is 10.2. The first-order valence-corrected chi connectivity index (χ1v) is 5.25. The van der Waals surface area contributed by atoms with Gasteiger partial charge in [0.25, 0.3) is 0 Å². The van der Waals surface area contributed by atoms with Crippen molar-refractivity contribution in [3.05, 3.63) is 53.5 Å². The first kappa shape index (κ1) is 11.4. The fourth-order valence-corrected chi connectivity index (χ4v) is 1.47. The molecule has 1 aromatic carbocycles. The van der Waals surface area contributed by atoms with Crippen LogP contribution in [0.15, 0.2) is 36.4 Å². The molecule has 0 amide bonds. The molecule has 0 saturated heterocycles. The van der Waals surface area contributed by atoms with Gasteiger partial charge >= 0.3 is 0 Å². The van der Waals surface area contributed by atoms with Gasteiger partial charge in [0.2, 0.25) is 0 Å². The molecule has 2 aromatic rings. The molecule has 0 aliphatic heterocycles. The summed E-state index contributed by atoms with van der Waals surface area (Å²) in [5, 5.41) is 0. The summed E-state index contributed by atoms with van der Waals surface area (Å²) in [4.78, 5) is 4.08. The van der Waals surface area contributed by atoms with Crippen LogP contribution in [0.25, 0.3) is 0 Å². The van der Waals surface area contributed by atoms with Gasteiger partial charge in [-0.1, -0.05) is 12.1 Å². The number of ether oxygens (including phenoxy) is 1. The fraction of sp³-hybridized carbons (Fsp3) is 0.154. The smallest absolute Gasteiger partial charge is 0.166 e. The van der Waals surface area contributed by atoms with E-state index in [2.05, 4.69) is 4.98 Å². The second-order valence-corrected chi connectivity index (χ2v) is 3.75. The molecular weight excluding hydrogens is 219 g/mol. The van der Waals surface area contributed by atoms with Crippen molar-refractivity contribution in [1.29, 1.82) is 0 Å². The van der Waals surface area contributed by atoms with Crippen LogP contribution in [-0.4, -0.2) is 4.98 Å². The lowest BCUT2D eigenvalue weighted by molar-refractivity contribution is 0.306. The molecule has 2 N–H and O–H groups in total. The van der Waals surface area contributed by atoms with E-state index in [-0.39, 0.29) is 12.4 Å². The zero-order valence-electron chi connectivity index (χ0n) is 9.48. The van der Waals surface area contributed by atoms with E-state index < -0.39 is 0 Å². The second-order valence-electron chi connectivity index (χ2n) is 3.75. The first-order chi connectivity index (χ1) is 8.15. The fourth-order valence-electron chi connectivity index (χ4n) is 1.47. The van der Waals surface area contributed by atoms with E-state index in [4.69, 9.17) is 10.5 Å². The molecule has 3 nitrogen and oxygen atoms in total. The van der Waals surface area contributed by atoms with Crippen molar-refractivity contribution >= 4 is 5.82 Å². The average molecular weight is 232 g/mol. The highest BCUT2D eigenvalue weighted by Gasteiger charge is 2.02. The Morgan fingerprint density at radius 1 is 1.29 bits per heavy atom. The average Bonchev–Trinajstić information content (AvgIpc) is 2.28. The summed E-state index contributed by atoms with van der Waals surface area (Å²) in [7, 11) is 0. The minimum Gasteiger partial charge on any atom is -0.485 e. The standard InChI is InChI=1S/C13H13FN2O/c1-9-5-6-12(13(15)16-9)17-8-10-3-2-4-11(14)7-10/h2-7H,8H2,1H3,(H2,15,16). The van der Waals surface area contributed by atoms with Crippen molar-refractivity contribution in [2.45, 2.75) is 13.5 Å². The number of hydrogen-bond donors (Lipinski definition) is 1. The van der Waals surface area contributed by atoms with Crippen LogP contribution < -0.4 is 10.5 Å². The van der Waals surface area contributed by atoms with E-state index in [9.17, 15) is 4.39 Å². The number of rotatable bonds is 3. The van der Waals surface area contributed by atoms with Crippen molar-refractivity contribution in [1.82, 2.24) is 4.98 Å². The van der Waals surface area contributed by atoms with Crippen LogP contribution >= 0.6 is 0 Å². The monoisotopic (exact) mass is 232 g/mol. The van der Waals surface area contributed by atoms with Crippen LogP contribution in [-0.2, 0) is 6.61 Å². The van der Waals surface area contributed by atoms with Crippen molar-refractivity contribution in [3.63, 3.8) is 0 Å². The zero-order chi connectivity index (χ0) is 12.3. The Morgan fingerprint density at radius 2 is 2.12 bits per heavy atom. The number of anilines is 1. The lowest BCUT2D eigenvalue weighted by Crippen LogP contribution is -2.01. The highest BCUT2D eigenvalue weighted by atomic mass is 19.1. The molecule has 0 unspecified atom stereocenters. The topological polar surface area (TPSA) is 48.1 Å². The number of hydrogen-bond acceptors (Lipinski definition) is 3. The maximum Gasteiger partial charge on any atom is 0.166 e. The third-order valence-electron chi connectivity index (χ3n) is 2.31. The van der Waals surface area contributed by atoms with Gasteiger partial charge in [-0.25, -0.2) is 9.37 Å². The number of aromatic nitrogens is 1. The maximum atomic E-state index is 12.9. The summed E-state index contributed by atoms with van der Waals surface area (Å²) in [6.45, 7) is 2.12. The van der Waals surface area contributed by atoms with Gasteiger partial charge in [-0.05, 0) is 36.8 Å². The van der Waals surface area contributed by atoms with Crippen molar-refractivity contribution in [2.24, 2.45) is 0 Å². The van der Waals surface area contributed by atoms with Gasteiger partial charge in [0.15, 0.2) is 11.6 Å². The van der Waals surface area contributed by atoms with Crippen molar-refractivity contribution in [2.75, 3.05) is 5.73 Å². The molecule has 0 aliphatic carbocycles. The third-order valence-corrected chi connectivity index (χ3v) is 2.31. The third kappa shape index (κ3) is 2.93. The highest BCUT2D eigenvalue weighted by Crippen LogP contribution is 2.20. The number of halogens is 1. The van der Waals surface area contributed by atoms with Crippen LogP contribution in [0.5, 0.6) is 5.75 Å². The normalized spacial score (nSPS) is 10.2. The van der Waals surface area contributed by atoms with Gasteiger partial charge < -0.3 is 10.5 Å². The molecule has 2 rings (SSSR count). The summed E-state index contributed by atoms with van der Waals surface area (Å²) in [5.74, 6) is 0.586. The molecule has 0 bridgehead atoms. The van der Waals surface area contributed by atoms with Crippen molar-refractivity contribution in [3.8, 4) is 5.75 Å². The second kappa shape index (κ2) is 4.82. The van der Waals surface area contributed by atoms with Gasteiger partial charge in [0, 0.05) is 5.69 Å². The summed E-state index contributed by atoms with van der Waals surface area (Å²) in [5.41, 5.74) is 7.29. The predicted octanol–water partition coefficient (Wildman–Crippen LogP) is 2.69. The molecule has 17 heavy (non-hydrogen) atoms. The molecule has 0 saturated carbocycles. The van der Waals surface area contributed by atoms with Crippen LogP contribution in [0.2, 0.25) is 0 Å². The molecule has 0 spiro atoms. The summed E-state index contributed by atoms with van der Waals surface area (Å²) >= 11 is 0. The molecule has 0 radical (unpaired) electrons. The van der Waals surface area contributed by atoms with E-state index in [1.807, 2.05) is 13.0 Å². The van der Waals surface area contributed by atoms with E-state index in [0.29, 0.717) is 11.6 Å². The van der Waals surface area contributed by atoms with E-state index in [1.54, 1.807) is 18.2 Å². The number of nitrogens with two attached hydrogens (primary N) is 1. The number of aryl methyl sites for hydroxylation is 1. The van der Waals surface area contributed by atoms with Crippen LogP contribution in [0.3, 0.4) is 0 Å². The van der Waals surface area contributed by atoms with Gasteiger partial charge in [-0.3, -0.25) is 0 Å². The van der Waals surface area contributed by atoms with Crippen LogP contribution in [0.4, 0.5) is 10.2 Å². The van der Waals surface area contributed by atoms with Crippen LogP contribution in [0, 0.1) is 12.7 Å². The van der Waals surface area contributed by atoms with E-state index >= 15 is 0 Å². The number of nitrogens with zero attached hydrogens (tertiary/aromatic N) is 1. The lowest BCUT2D eigenvalue weighted by Gasteiger charge is -2.08. The zero-order valence-corrected chi connectivity index (χ0v) is 9.48. The summed E-state index contributed by atoms with van der Waals surface area (Å²) < 4.78 is 18.4. The molecular formula is C13H13FN2O. The Bertz CT molecular complexity index is 529. The molecule has 0 fully saturated rings. The maximum absolute atomic E-state index is 12.9. The summed E-state index contributed by atoms with van der Waals surface area (Å²) in [6, 6.07) is 9.84. The van der Waals surface area contributed by atoms with Gasteiger partial charge in [-0.15, -0.1) is 0 Å². The molecule has 0 aliphatic rings. The molecule has 88 valence electrons. The minimum atomic E-state index is -0.277. The number of benzene rings is 1. The molecule has 1 heterocycles. The quantitative estimate of drug-likeness (QED) is 0.885. The van der Waals surface area contributed by atoms with Gasteiger partial charge in [0.05, 0.1) is 0 Å². The summed E-state index contributed by atoms with van der Waals surface area (Å²) in [6.07, 6.45) is 0. The highest BCUT2D eigenvalue weighted by molar-refractivity contribution is 5.46. The van der Waals surface area contributed by atoms with E-state index in [1.165, 1.54) is 12.1 Å². The van der Waals surface area contributed by atoms with E-state index in [0.717, 1.165) is 11.3 Å². The minimum absolute atomic E-state index is 0.271. The first-order valence-electron chi connectivity index (χ1n) is 5.25. The number of pyridine rings is 1. The SMILES string of the molecule is Cc1ccc(OCc2cccc(F)c2)c(N)n1. The Hall–Kier alpha value is -2.10. The van der Waals surface area contributed by atoms with Gasteiger partial charge in [0.1, 0.15) is 12.4 Å². The largest absolute Gasteiger partial charge is 0.485 e. The Kier molecular flexibility index (Phi) is 3.23. The van der Waals surface area contributed by atoms with Crippen LogP contribution in [0.1, 0.15) is 11.3 Å². The Morgan fingerprint density at radius 3 is 2.82 bits per heavy atom. The Labute approximate surface area is 99.1 Å². The molecule has 4 heteroatoms. The molecule has 0 atom stereocenters.